The average molecular weight is 523 g/mol. The number of aryl methyl sites for hydroxylation is 3. The summed E-state index contributed by atoms with van der Waals surface area (Å²) in [5.41, 5.74) is 5.32. The van der Waals surface area contributed by atoms with Gasteiger partial charge < -0.3 is 15.2 Å². The third-order valence-corrected chi connectivity index (χ3v) is 7.93. The second-order valence-electron chi connectivity index (χ2n) is 10.2. The van der Waals surface area contributed by atoms with Crippen molar-refractivity contribution in [2.24, 2.45) is 0 Å². The van der Waals surface area contributed by atoms with Crippen molar-refractivity contribution in [3.05, 3.63) is 65.4 Å². The van der Waals surface area contributed by atoms with E-state index in [1.165, 1.54) is 16.9 Å². The first-order chi connectivity index (χ1) is 17.7. The van der Waals surface area contributed by atoms with E-state index >= 15 is 0 Å². The molecule has 2 heterocycles. The Hall–Kier alpha value is -2.78. The molecule has 0 radical (unpaired) electrons. The van der Waals surface area contributed by atoms with Crippen LogP contribution in [0.25, 0.3) is 10.6 Å². The number of para-hydroxylation sites is 1. The number of rotatable bonds is 9. The molecule has 1 aromatic heterocycles. The van der Waals surface area contributed by atoms with Crippen LogP contribution in [0.4, 0.5) is 5.69 Å². The minimum Gasteiger partial charge on any atom is -0.480 e. The minimum atomic E-state index is -0.618. The topological polar surface area (TPSA) is 77.9 Å². The molecule has 1 fully saturated rings. The largest absolute Gasteiger partial charge is 0.480 e. The molecule has 1 aliphatic rings. The zero-order chi connectivity index (χ0) is 26.5. The number of carbonyl (C=O) groups excluding carboxylic acids is 1. The van der Waals surface area contributed by atoms with Crippen LogP contribution in [0.15, 0.2) is 48.7 Å². The number of benzene rings is 2. The normalized spacial score (nSPS) is 19.5. The van der Waals surface area contributed by atoms with Gasteiger partial charge in [0, 0.05) is 43.0 Å². The number of piperazine rings is 1. The number of amides is 1. The van der Waals surface area contributed by atoms with E-state index in [9.17, 15) is 9.90 Å². The lowest BCUT2D eigenvalue weighted by molar-refractivity contribution is -0.118. The van der Waals surface area contributed by atoms with Gasteiger partial charge in [0.15, 0.2) is 5.06 Å². The molecule has 0 aliphatic carbocycles. The lowest BCUT2D eigenvalue weighted by atomic mass is 10.1. The van der Waals surface area contributed by atoms with Crippen LogP contribution in [0, 0.1) is 20.8 Å². The highest BCUT2D eigenvalue weighted by molar-refractivity contribution is 7.16. The summed E-state index contributed by atoms with van der Waals surface area (Å²) in [5.74, 6) is 0.00769. The van der Waals surface area contributed by atoms with Crippen molar-refractivity contribution in [2.75, 3.05) is 38.1 Å². The van der Waals surface area contributed by atoms with Crippen molar-refractivity contribution in [1.82, 2.24) is 14.8 Å². The van der Waals surface area contributed by atoms with Crippen molar-refractivity contribution in [2.45, 2.75) is 52.8 Å². The molecule has 1 amide bonds. The summed E-state index contributed by atoms with van der Waals surface area (Å²) < 4.78 is 5.89. The number of thiazole rings is 1. The monoisotopic (exact) mass is 522 g/mol. The molecular weight excluding hydrogens is 484 g/mol. The molecule has 2 aromatic carbocycles. The van der Waals surface area contributed by atoms with Crippen molar-refractivity contribution in [1.29, 1.82) is 0 Å². The van der Waals surface area contributed by atoms with Gasteiger partial charge in [0.2, 0.25) is 5.91 Å². The lowest BCUT2D eigenvalue weighted by Crippen LogP contribution is -2.59. The Morgan fingerprint density at radius 2 is 1.73 bits per heavy atom. The summed E-state index contributed by atoms with van der Waals surface area (Å²) in [6.07, 6.45) is 1.11. The van der Waals surface area contributed by atoms with Gasteiger partial charge in [0.05, 0.1) is 12.7 Å². The van der Waals surface area contributed by atoms with Crippen LogP contribution in [-0.4, -0.2) is 76.8 Å². The molecular formula is C29H38N4O3S. The van der Waals surface area contributed by atoms with Crippen LogP contribution >= 0.6 is 11.3 Å². The molecule has 198 valence electrons. The molecule has 37 heavy (non-hydrogen) atoms. The fourth-order valence-corrected chi connectivity index (χ4v) is 5.95. The maximum absolute atomic E-state index is 12.8. The molecule has 3 aromatic rings. The third kappa shape index (κ3) is 6.96. The number of hydrogen-bond donors (Lipinski definition) is 2. The van der Waals surface area contributed by atoms with Crippen molar-refractivity contribution >= 4 is 22.9 Å². The Bertz CT molecular complexity index is 1180. The number of aliphatic hydroxyl groups excluding tert-OH is 1. The Balaban J connectivity index is 1.25. The van der Waals surface area contributed by atoms with Crippen LogP contribution in [0.1, 0.15) is 30.5 Å². The number of aliphatic hydroxyl groups is 1. The zero-order valence-electron chi connectivity index (χ0n) is 22.4. The number of β-amino-alcohol motifs (C(OH)–C–C–N with tert-alkyl or cyclic N) is 1. The Morgan fingerprint density at radius 1 is 1.08 bits per heavy atom. The smallest absolute Gasteiger partial charge is 0.238 e. The molecule has 1 aliphatic heterocycles. The maximum atomic E-state index is 12.8. The summed E-state index contributed by atoms with van der Waals surface area (Å²) in [6, 6.07) is 14.6. The summed E-state index contributed by atoms with van der Waals surface area (Å²) in [6.45, 7) is 13.0. The number of nitrogens with zero attached hydrogens (tertiary/aromatic N) is 3. The van der Waals surface area contributed by atoms with E-state index < -0.39 is 6.10 Å². The molecule has 3 atom stereocenters. The third-order valence-electron chi connectivity index (χ3n) is 6.99. The van der Waals surface area contributed by atoms with Gasteiger partial charge in [-0.3, -0.25) is 14.6 Å². The number of carbonyl (C=O) groups is 1. The van der Waals surface area contributed by atoms with Gasteiger partial charge in [-0.1, -0.05) is 53.8 Å². The first-order valence-corrected chi connectivity index (χ1v) is 13.7. The first-order valence-electron chi connectivity index (χ1n) is 12.9. The fourth-order valence-electron chi connectivity index (χ4n) is 5.09. The van der Waals surface area contributed by atoms with E-state index in [-0.39, 0.29) is 24.6 Å². The van der Waals surface area contributed by atoms with Crippen molar-refractivity contribution in [3.8, 4) is 15.6 Å². The summed E-state index contributed by atoms with van der Waals surface area (Å²) in [7, 11) is 0. The van der Waals surface area contributed by atoms with E-state index in [2.05, 4.69) is 53.0 Å². The molecule has 3 unspecified atom stereocenters. The summed E-state index contributed by atoms with van der Waals surface area (Å²) >= 11 is 1.49. The number of hydrogen-bond acceptors (Lipinski definition) is 7. The molecule has 8 heteroatoms. The highest BCUT2D eigenvalue weighted by Crippen LogP contribution is 2.32. The van der Waals surface area contributed by atoms with Gasteiger partial charge in [-0.05, 0) is 51.3 Å². The predicted molar refractivity (Wildman–Crippen MR) is 150 cm³/mol. The van der Waals surface area contributed by atoms with Gasteiger partial charge in [-0.2, -0.15) is 0 Å². The van der Waals surface area contributed by atoms with Crippen LogP contribution in [-0.2, 0) is 4.79 Å². The molecule has 7 nitrogen and oxygen atoms in total. The molecule has 0 spiro atoms. The van der Waals surface area contributed by atoms with Gasteiger partial charge >= 0.3 is 0 Å². The van der Waals surface area contributed by atoms with E-state index in [0.717, 1.165) is 40.5 Å². The quantitative estimate of drug-likeness (QED) is 0.431. The SMILES string of the molecule is Cc1ccccc1-c1ncc(OCC(O)CN2C(C)CN(CC(=O)Nc3c(C)cccc3C)CC2C)s1. The van der Waals surface area contributed by atoms with E-state index in [1.54, 1.807) is 6.20 Å². The average Bonchev–Trinajstić information content (AvgIpc) is 3.32. The zero-order valence-corrected chi connectivity index (χ0v) is 23.2. The van der Waals surface area contributed by atoms with Crippen LogP contribution in [0.2, 0.25) is 0 Å². The van der Waals surface area contributed by atoms with Gasteiger partial charge in [-0.25, -0.2) is 4.98 Å². The molecule has 0 saturated carbocycles. The first kappa shape index (κ1) is 27.3. The number of ether oxygens (including phenoxy) is 1. The molecule has 2 N–H and O–H groups in total. The van der Waals surface area contributed by atoms with Gasteiger partial charge in [-0.15, -0.1) is 0 Å². The lowest BCUT2D eigenvalue weighted by Gasteiger charge is -2.44. The Labute approximate surface area is 224 Å². The summed E-state index contributed by atoms with van der Waals surface area (Å²) in [4.78, 5) is 21.8. The van der Waals surface area contributed by atoms with E-state index in [1.807, 2.05) is 44.2 Å². The van der Waals surface area contributed by atoms with Crippen LogP contribution in [0.5, 0.6) is 5.06 Å². The number of aromatic nitrogens is 1. The minimum absolute atomic E-state index is 0.00769. The van der Waals surface area contributed by atoms with Gasteiger partial charge in [0.25, 0.3) is 0 Å². The van der Waals surface area contributed by atoms with Gasteiger partial charge in [0.1, 0.15) is 17.7 Å². The second kappa shape index (κ2) is 12.2. The standard InChI is InChI=1S/C29H38N4O3S/c1-19-9-6-7-12-25(19)29-30-13-27(37-29)36-18-24(34)16-33-22(4)14-32(15-23(33)5)17-26(35)31-28-20(2)10-8-11-21(28)3/h6-13,22-24,34H,14-18H2,1-5H3,(H,31,35). The Kier molecular flexibility index (Phi) is 8.97. The maximum Gasteiger partial charge on any atom is 0.238 e. The second-order valence-corrected chi connectivity index (χ2v) is 11.2. The molecule has 1 saturated heterocycles. The van der Waals surface area contributed by atoms with E-state index in [4.69, 9.17) is 4.74 Å². The van der Waals surface area contributed by atoms with Crippen LogP contribution in [0.3, 0.4) is 0 Å². The van der Waals surface area contributed by atoms with Crippen molar-refractivity contribution < 1.29 is 14.6 Å². The highest BCUT2D eigenvalue weighted by Gasteiger charge is 2.31. The fraction of sp³-hybridized carbons (Fsp3) is 0.448. The predicted octanol–water partition coefficient (Wildman–Crippen LogP) is 4.51. The van der Waals surface area contributed by atoms with Crippen molar-refractivity contribution in [3.63, 3.8) is 0 Å². The number of nitrogens with one attached hydrogen (secondary N) is 1. The summed E-state index contributed by atoms with van der Waals surface area (Å²) in [5, 5.41) is 15.5. The Morgan fingerprint density at radius 3 is 2.41 bits per heavy atom. The number of anilines is 1. The molecule has 0 bridgehead atoms. The van der Waals surface area contributed by atoms with E-state index in [0.29, 0.717) is 18.2 Å². The van der Waals surface area contributed by atoms with Crippen LogP contribution < -0.4 is 10.1 Å². The highest BCUT2D eigenvalue weighted by atomic mass is 32.1. The molecule has 4 rings (SSSR count).